The molecule has 1 aromatic carbocycles. The van der Waals surface area contributed by atoms with E-state index in [0.717, 1.165) is 41.0 Å². The Labute approximate surface area is 200 Å². The van der Waals surface area contributed by atoms with Crippen molar-refractivity contribution in [2.24, 2.45) is 7.05 Å². The summed E-state index contributed by atoms with van der Waals surface area (Å²) in [5, 5.41) is 12.5. The first-order valence-electron chi connectivity index (χ1n) is 10.6. The Balaban J connectivity index is 1.36. The number of carbonyl (C=O) groups excluding carboxylic acids is 2. The summed E-state index contributed by atoms with van der Waals surface area (Å²) in [4.78, 5) is 26.0. The third-order valence-electron chi connectivity index (χ3n) is 5.51. The van der Waals surface area contributed by atoms with E-state index in [4.69, 9.17) is 9.47 Å². The number of hydrogen-bond acceptors (Lipinski definition) is 8. The van der Waals surface area contributed by atoms with E-state index in [1.807, 2.05) is 37.6 Å². The van der Waals surface area contributed by atoms with Gasteiger partial charge in [-0.1, -0.05) is 29.5 Å². The number of aromatic nitrogens is 3. The van der Waals surface area contributed by atoms with Crippen molar-refractivity contribution < 1.29 is 19.1 Å². The van der Waals surface area contributed by atoms with Gasteiger partial charge in [0.05, 0.1) is 18.4 Å². The molecular weight excluding hydrogens is 460 g/mol. The minimum absolute atomic E-state index is 0.146. The summed E-state index contributed by atoms with van der Waals surface area (Å²) in [5.41, 5.74) is 3.75. The highest BCUT2D eigenvalue weighted by Gasteiger charge is 2.28. The maximum Gasteiger partial charge on any atom is 0.341 e. The van der Waals surface area contributed by atoms with Crippen LogP contribution in [0.25, 0.3) is 0 Å². The molecule has 8 nitrogen and oxygen atoms in total. The molecule has 33 heavy (non-hydrogen) atoms. The summed E-state index contributed by atoms with van der Waals surface area (Å²) < 4.78 is 12.7. The van der Waals surface area contributed by atoms with Crippen LogP contribution >= 0.6 is 23.1 Å². The first-order chi connectivity index (χ1) is 15.9. The van der Waals surface area contributed by atoms with Crippen LogP contribution in [0.15, 0.2) is 23.4 Å². The minimum Gasteiger partial charge on any atom is -0.485 e. The first kappa shape index (κ1) is 23.3. The van der Waals surface area contributed by atoms with Gasteiger partial charge in [0.25, 0.3) is 0 Å². The summed E-state index contributed by atoms with van der Waals surface area (Å²) in [6.45, 7) is 4.33. The number of aryl methyl sites for hydroxylation is 3. The predicted molar refractivity (Wildman–Crippen MR) is 128 cm³/mol. The van der Waals surface area contributed by atoms with Crippen molar-refractivity contribution in [3.05, 3.63) is 51.2 Å². The van der Waals surface area contributed by atoms with Gasteiger partial charge in [-0.15, -0.1) is 21.5 Å². The van der Waals surface area contributed by atoms with Crippen LogP contribution in [0.4, 0.5) is 5.00 Å². The standard InChI is InChI=1S/C23H26N4O4S2/c1-13-8-9-16(14(2)10-13)31-11-18-25-26-23(27(18)3)32-12-19(28)24-21-20(22(29)30-4)15-6-5-7-17(15)33-21/h8-10H,5-7,11-12H2,1-4H3,(H,24,28). The average molecular weight is 487 g/mol. The predicted octanol–water partition coefficient (Wildman–Crippen LogP) is 4.08. The number of hydrogen-bond donors (Lipinski definition) is 1. The van der Waals surface area contributed by atoms with Crippen LogP contribution in [0.2, 0.25) is 0 Å². The van der Waals surface area contributed by atoms with Crippen LogP contribution in [0.5, 0.6) is 5.75 Å². The Morgan fingerprint density at radius 1 is 1.24 bits per heavy atom. The van der Waals surface area contributed by atoms with Crippen molar-refractivity contribution >= 4 is 40.0 Å². The average Bonchev–Trinajstić information content (AvgIpc) is 3.46. The van der Waals surface area contributed by atoms with Crippen LogP contribution in [-0.4, -0.2) is 39.5 Å². The molecule has 0 unspecified atom stereocenters. The van der Waals surface area contributed by atoms with Gasteiger partial charge >= 0.3 is 5.97 Å². The molecule has 1 aliphatic carbocycles. The van der Waals surface area contributed by atoms with Gasteiger partial charge < -0.3 is 19.4 Å². The van der Waals surface area contributed by atoms with Crippen LogP contribution < -0.4 is 10.1 Å². The fraction of sp³-hybridized carbons (Fsp3) is 0.391. The largest absolute Gasteiger partial charge is 0.485 e. The fourth-order valence-corrected chi connectivity index (χ4v) is 5.83. The highest BCUT2D eigenvalue weighted by Crippen LogP contribution is 2.39. The summed E-state index contributed by atoms with van der Waals surface area (Å²) >= 11 is 2.75. The molecule has 0 fully saturated rings. The molecule has 4 rings (SSSR count). The fourth-order valence-electron chi connectivity index (χ4n) is 3.80. The van der Waals surface area contributed by atoms with Gasteiger partial charge in [-0.2, -0.15) is 0 Å². The van der Waals surface area contributed by atoms with E-state index in [0.29, 0.717) is 21.5 Å². The molecule has 0 atom stereocenters. The summed E-state index contributed by atoms with van der Waals surface area (Å²) in [6.07, 6.45) is 2.80. The molecule has 0 spiro atoms. The van der Waals surface area contributed by atoms with Crippen LogP contribution in [0.1, 0.15) is 44.2 Å². The third kappa shape index (κ3) is 5.06. The number of fused-ring (bicyclic) bond motifs is 1. The van der Waals surface area contributed by atoms with Crippen molar-refractivity contribution in [1.82, 2.24) is 14.8 Å². The smallest absolute Gasteiger partial charge is 0.341 e. The SMILES string of the molecule is COC(=O)c1c(NC(=O)CSc2nnc(COc3ccc(C)cc3C)n2C)sc2c1CCC2. The molecule has 1 amide bonds. The van der Waals surface area contributed by atoms with Gasteiger partial charge in [-0.25, -0.2) is 4.79 Å². The number of benzene rings is 1. The van der Waals surface area contributed by atoms with Gasteiger partial charge in [0.15, 0.2) is 11.0 Å². The number of ether oxygens (including phenoxy) is 2. The number of methoxy groups -OCH3 is 1. The Morgan fingerprint density at radius 3 is 2.82 bits per heavy atom. The van der Waals surface area contributed by atoms with Gasteiger partial charge in [0.1, 0.15) is 17.4 Å². The van der Waals surface area contributed by atoms with Gasteiger partial charge in [-0.3, -0.25) is 4.79 Å². The second kappa shape index (κ2) is 9.96. The van der Waals surface area contributed by atoms with E-state index in [1.165, 1.54) is 35.8 Å². The first-order valence-corrected chi connectivity index (χ1v) is 12.4. The monoisotopic (exact) mass is 486 g/mol. The van der Waals surface area contributed by atoms with Gasteiger partial charge in [0, 0.05) is 11.9 Å². The van der Waals surface area contributed by atoms with Gasteiger partial charge in [-0.05, 0) is 50.3 Å². The summed E-state index contributed by atoms with van der Waals surface area (Å²) in [6, 6.07) is 6.02. The zero-order valence-corrected chi connectivity index (χ0v) is 20.7. The number of carbonyl (C=O) groups is 2. The number of rotatable bonds is 8. The minimum atomic E-state index is -0.404. The molecule has 0 bridgehead atoms. The lowest BCUT2D eigenvalue weighted by Gasteiger charge is -2.10. The zero-order valence-electron chi connectivity index (χ0n) is 19.1. The quantitative estimate of drug-likeness (QED) is 0.379. The van der Waals surface area contributed by atoms with Crippen LogP contribution in [0, 0.1) is 13.8 Å². The second-order valence-electron chi connectivity index (χ2n) is 7.91. The number of esters is 1. The maximum absolute atomic E-state index is 12.6. The van der Waals surface area contributed by atoms with Crippen molar-refractivity contribution in [3.8, 4) is 5.75 Å². The van der Waals surface area contributed by atoms with Gasteiger partial charge in [0.2, 0.25) is 5.91 Å². The summed E-state index contributed by atoms with van der Waals surface area (Å²) in [5.74, 6) is 1.01. The Hall–Kier alpha value is -2.85. The van der Waals surface area contributed by atoms with E-state index in [-0.39, 0.29) is 18.3 Å². The Bertz CT molecular complexity index is 1200. The number of amides is 1. The molecule has 0 radical (unpaired) electrons. The zero-order chi connectivity index (χ0) is 23.5. The highest BCUT2D eigenvalue weighted by molar-refractivity contribution is 7.99. The number of nitrogens with one attached hydrogen (secondary N) is 1. The molecule has 1 N–H and O–H groups in total. The van der Waals surface area contributed by atoms with E-state index in [1.54, 1.807) is 0 Å². The van der Waals surface area contributed by atoms with Crippen molar-refractivity contribution in [1.29, 1.82) is 0 Å². The number of thiophene rings is 1. The molecule has 3 aromatic rings. The van der Waals surface area contributed by atoms with Crippen molar-refractivity contribution in [2.75, 3.05) is 18.2 Å². The van der Waals surface area contributed by atoms with Crippen molar-refractivity contribution in [2.45, 2.75) is 44.9 Å². The Morgan fingerprint density at radius 2 is 2.06 bits per heavy atom. The van der Waals surface area contributed by atoms with E-state index < -0.39 is 5.97 Å². The second-order valence-corrected chi connectivity index (χ2v) is 9.95. The normalized spacial score (nSPS) is 12.5. The lowest BCUT2D eigenvalue weighted by atomic mass is 10.1. The van der Waals surface area contributed by atoms with E-state index in [9.17, 15) is 9.59 Å². The van der Waals surface area contributed by atoms with E-state index >= 15 is 0 Å². The molecule has 174 valence electrons. The molecule has 10 heteroatoms. The van der Waals surface area contributed by atoms with Crippen LogP contribution in [0.3, 0.4) is 0 Å². The maximum atomic E-state index is 12.6. The topological polar surface area (TPSA) is 95.3 Å². The van der Waals surface area contributed by atoms with E-state index in [2.05, 4.69) is 21.6 Å². The molecule has 0 saturated carbocycles. The molecule has 0 aliphatic heterocycles. The number of anilines is 1. The lowest BCUT2D eigenvalue weighted by molar-refractivity contribution is -0.113. The molecule has 2 aromatic heterocycles. The summed E-state index contributed by atoms with van der Waals surface area (Å²) in [7, 11) is 3.21. The molecule has 0 saturated heterocycles. The molecule has 2 heterocycles. The molecular formula is C23H26N4O4S2. The van der Waals surface area contributed by atoms with Crippen molar-refractivity contribution in [3.63, 3.8) is 0 Å². The number of thioether (sulfide) groups is 1. The van der Waals surface area contributed by atoms with Crippen LogP contribution in [-0.2, 0) is 36.0 Å². The number of nitrogens with zero attached hydrogens (tertiary/aromatic N) is 3. The Kier molecular flexibility index (Phi) is 7.04. The lowest BCUT2D eigenvalue weighted by Crippen LogP contribution is -2.16. The molecule has 1 aliphatic rings. The highest BCUT2D eigenvalue weighted by atomic mass is 32.2. The third-order valence-corrected chi connectivity index (χ3v) is 7.74.